The summed E-state index contributed by atoms with van der Waals surface area (Å²) < 4.78 is 44.9. The predicted molar refractivity (Wildman–Crippen MR) is 147 cm³/mol. The molecule has 6 rings (SSSR count). The van der Waals surface area contributed by atoms with E-state index in [-0.39, 0.29) is 5.82 Å². The van der Waals surface area contributed by atoms with Crippen molar-refractivity contribution in [2.24, 2.45) is 0 Å². The second kappa shape index (κ2) is 9.25. The van der Waals surface area contributed by atoms with Gasteiger partial charge in [0.05, 0.1) is 0 Å². The summed E-state index contributed by atoms with van der Waals surface area (Å²) in [7, 11) is 0. The lowest BCUT2D eigenvalue weighted by molar-refractivity contribution is 0.511. The zero-order chi connectivity index (χ0) is 24.8. The Bertz CT molecular complexity index is 1750. The zero-order valence-electron chi connectivity index (χ0n) is 20.0. The van der Waals surface area contributed by atoms with Crippen LogP contribution in [0.5, 0.6) is 0 Å². The monoisotopic (exact) mass is 498 g/mol. The van der Waals surface area contributed by atoms with E-state index in [9.17, 15) is 8.78 Å². The second-order valence-electron chi connectivity index (χ2n) is 9.60. The summed E-state index contributed by atoms with van der Waals surface area (Å²) >= 11 is 1.61. The van der Waals surface area contributed by atoms with Crippen LogP contribution in [0.2, 0.25) is 0 Å². The summed E-state index contributed by atoms with van der Waals surface area (Å²) in [5.74, 6) is -1.95. The third-order valence-corrected chi connectivity index (χ3v) is 8.21. The molecule has 0 aliphatic rings. The van der Waals surface area contributed by atoms with Crippen molar-refractivity contribution in [1.82, 2.24) is 0 Å². The molecule has 0 amide bonds. The van der Waals surface area contributed by atoms with E-state index in [2.05, 4.69) is 25.1 Å². The maximum Gasteiger partial charge on any atom is 0.159 e. The van der Waals surface area contributed by atoms with Crippen LogP contribution in [0.15, 0.2) is 72.8 Å². The maximum atomic E-state index is 15.2. The normalized spacial score (nSPS) is 11.9. The molecule has 0 bridgehead atoms. The van der Waals surface area contributed by atoms with Crippen molar-refractivity contribution in [3.8, 4) is 11.1 Å². The van der Waals surface area contributed by atoms with E-state index < -0.39 is 11.6 Å². The number of hydrogen-bond donors (Lipinski definition) is 0. The van der Waals surface area contributed by atoms with Gasteiger partial charge in [-0.05, 0) is 94.0 Å². The highest BCUT2D eigenvalue weighted by Gasteiger charge is 2.13. The summed E-state index contributed by atoms with van der Waals surface area (Å²) in [6, 6.07) is 22.1. The summed E-state index contributed by atoms with van der Waals surface area (Å²) in [4.78, 5) is 0. The van der Waals surface area contributed by atoms with Gasteiger partial charge >= 0.3 is 0 Å². The molecule has 0 spiro atoms. The lowest BCUT2D eigenvalue weighted by Gasteiger charge is -2.08. The highest BCUT2D eigenvalue weighted by molar-refractivity contribution is 7.26. The van der Waals surface area contributed by atoms with Crippen molar-refractivity contribution < 1.29 is 13.2 Å². The average Bonchev–Trinajstić information content (AvgIpc) is 3.21. The van der Waals surface area contributed by atoms with Crippen LogP contribution in [0.25, 0.3) is 52.8 Å². The van der Waals surface area contributed by atoms with Crippen LogP contribution in [0.3, 0.4) is 0 Å². The van der Waals surface area contributed by atoms with Gasteiger partial charge in [0, 0.05) is 25.7 Å². The minimum Gasteiger partial charge on any atom is -0.206 e. The number of rotatable bonds is 6. The summed E-state index contributed by atoms with van der Waals surface area (Å²) in [5, 5.41) is 5.07. The van der Waals surface area contributed by atoms with Crippen molar-refractivity contribution >= 4 is 53.1 Å². The van der Waals surface area contributed by atoms with Crippen LogP contribution < -0.4 is 0 Å². The lowest BCUT2D eigenvalue weighted by Crippen LogP contribution is -1.89. The van der Waals surface area contributed by atoms with Gasteiger partial charge in [-0.15, -0.1) is 11.3 Å². The van der Waals surface area contributed by atoms with Gasteiger partial charge in [-0.3, -0.25) is 0 Å². The molecular weight excluding hydrogens is 473 g/mol. The van der Waals surface area contributed by atoms with Crippen molar-refractivity contribution in [3.05, 3.63) is 95.8 Å². The van der Waals surface area contributed by atoms with Gasteiger partial charge in [-0.2, -0.15) is 0 Å². The second-order valence-corrected chi connectivity index (χ2v) is 10.7. The number of unbranched alkanes of at least 4 members (excludes halogenated alkanes) is 3. The first-order valence-corrected chi connectivity index (χ1v) is 13.3. The van der Waals surface area contributed by atoms with Crippen LogP contribution in [0.4, 0.5) is 13.2 Å². The molecular formula is C32H25F3S. The Morgan fingerprint density at radius 3 is 1.75 bits per heavy atom. The molecule has 180 valence electrons. The molecule has 1 aromatic heterocycles. The third kappa shape index (κ3) is 4.14. The Labute approximate surface area is 212 Å². The molecule has 5 aromatic carbocycles. The Morgan fingerprint density at radius 2 is 1.14 bits per heavy atom. The molecule has 1 heterocycles. The van der Waals surface area contributed by atoms with Crippen molar-refractivity contribution in [2.45, 2.75) is 39.0 Å². The van der Waals surface area contributed by atoms with Crippen molar-refractivity contribution in [1.29, 1.82) is 0 Å². The van der Waals surface area contributed by atoms with Gasteiger partial charge in [-0.25, -0.2) is 13.2 Å². The maximum absolute atomic E-state index is 15.2. The van der Waals surface area contributed by atoms with Crippen LogP contribution in [-0.2, 0) is 6.42 Å². The molecule has 0 atom stereocenters. The first-order valence-electron chi connectivity index (χ1n) is 12.5. The van der Waals surface area contributed by atoms with Gasteiger partial charge < -0.3 is 0 Å². The first-order chi connectivity index (χ1) is 17.5. The number of thiophene rings is 1. The third-order valence-electron chi connectivity index (χ3n) is 7.10. The molecule has 0 aliphatic heterocycles. The summed E-state index contributed by atoms with van der Waals surface area (Å²) in [6.07, 6.45) is 5.97. The van der Waals surface area contributed by atoms with Crippen molar-refractivity contribution in [2.75, 3.05) is 0 Å². The molecule has 0 nitrogen and oxygen atoms in total. The Kier molecular flexibility index (Phi) is 5.93. The van der Waals surface area contributed by atoms with Gasteiger partial charge in [0.25, 0.3) is 0 Å². The summed E-state index contributed by atoms with van der Waals surface area (Å²) in [5.41, 5.74) is 2.76. The predicted octanol–water partition coefficient (Wildman–Crippen LogP) is 10.6. The molecule has 4 heteroatoms. The fourth-order valence-electron chi connectivity index (χ4n) is 5.11. The van der Waals surface area contributed by atoms with Crippen molar-refractivity contribution in [3.63, 3.8) is 0 Å². The van der Waals surface area contributed by atoms with Crippen LogP contribution >= 0.6 is 11.3 Å². The van der Waals surface area contributed by atoms with E-state index in [0.29, 0.717) is 16.3 Å². The Balaban J connectivity index is 1.40. The highest BCUT2D eigenvalue weighted by Crippen LogP contribution is 2.40. The number of fused-ring (bicyclic) bond motifs is 5. The van der Waals surface area contributed by atoms with E-state index >= 15 is 4.39 Å². The Hall–Kier alpha value is -3.37. The molecule has 36 heavy (non-hydrogen) atoms. The molecule has 6 aromatic rings. The minimum atomic E-state index is -0.856. The molecule has 0 saturated heterocycles. The lowest BCUT2D eigenvalue weighted by atomic mass is 9.97. The van der Waals surface area contributed by atoms with E-state index in [1.807, 2.05) is 36.4 Å². The fourth-order valence-corrected chi connectivity index (χ4v) is 6.28. The number of aryl methyl sites for hydroxylation is 1. The van der Waals surface area contributed by atoms with Gasteiger partial charge in [0.1, 0.15) is 5.82 Å². The SMILES string of the molecule is CCCCCCc1ccc(-c2cc3cc4sc5cc6cc(F)c(F)cc6cc5c4cc3cc2F)cc1. The molecule has 0 saturated carbocycles. The number of hydrogen-bond acceptors (Lipinski definition) is 1. The topological polar surface area (TPSA) is 0 Å². The standard InChI is InChI=1S/C32H25F3S/c1-2-3-4-5-6-19-7-9-20(10-8-19)25-11-23-17-31-26(12-21(23)14-28(25)33)27-13-22-15-29(34)30(35)16-24(22)18-32(27)36-31/h7-18H,2-6H2,1H3. The molecule has 0 unspecified atom stereocenters. The van der Waals surface area contributed by atoms with Gasteiger partial charge in [0.15, 0.2) is 11.6 Å². The smallest absolute Gasteiger partial charge is 0.159 e. The number of benzene rings is 5. The zero-order valence-corrected chi connectivity index (χ0v) is 20.8. The minimum absolute atomic E-state index is 0.250. The quantitative estimate of drug-likeness (QED) is 0.200. The van der Waals surface area contributed by atoms with E-state index in [1.54, 1.807) is 17.4 Å². The largest absolute Gasteiger partial charge is 0.206 e. The Morgan fingerprint density at radius 1 is 0.583 bits per heavy atom. The van der Waals surface area contributed by atoms with Gasteiger partial charge in [-0.1, -0.05) is 50.5 Å². The average molecular weight is 499 g/mol. The highest BCUT2D eigenvalue weighted by atomic mass is 32.1. The molecule has 0 N–H and O–H groups in total. The van der Waals surface area contributed by atoms with Gasteiger partial charge in [0.2, 0.25) is 0 Å². The van der Waals surface area contributed by atoms with Crippen LogP contribution in [0, 0.1) is 17.5 Å². The molecule has 0 radical (unpaired) electrons. The van der Waals surface area contributed by atoms with E-state index in [1.165, 1.54) is 43.4 Å². The fraction of sp³-hybridized carbons (Fsp3) is 0.188. The summed E-state index contributed by atoms with van der Waals surface area (Å²) in [6.45, 7) is 2.21. The molecule has 0 fully saturated rings. The van der Waals surface area contributed by atoms with E-state index in [4.69, 9.17) is 0 Å². The molecule has 0 aliphatic carbocycles. The van der Waals surface area contributed by atoms with E-state index in [0.717, 1.165) is 42.9 Å². The number of halogens is 3. The van der Waals surface area contributed by atoms with Crippen LogP contribution in [-0.4, -0.2) is 0 Å². The van der Waals surface area contributed by atoms with Crippen LogP contribution in [0.1, 0.15) is 38.2 Å². The first kappa shape index (κ1) is 23.1.